The topological polar surface area (TPSA) is 61.4 Å². The minimum Gasteiger partial charge on any atom is -0.353 e. The highest BCUT2D eigenvalue weighted by Gasteiger charge is 2.35. The fourth-order valence-electron chi connectivity index (χ4n) is 4.70. The number of benzene rings is 1. The summed E-state index contributed by atoms with van der Waals surface area (Å²) >= 11 is 12.3. The number of carbonyl (C=O) groups excluding carboxylic acids is 1. The number of hydrogen-bond acceptors (Lipinski definition) is 5. The first-order chi connectivity index (χ1) is 15.8. The first kappa shape index (κ1) is 24.2. The van der Waals surface area contributed by atoms with Crippen LogP contribution >= 0.6 is 23.2 Å². The van der Waals surface area contributed by atoms with E-state index < -0.39 is 6.17 Å². The second kappa shape index (κ2) is 10.1. The van der Waals surface area contributed by atoms with Crippen LogP contribution in [-0.2, 0) is 4.79 Å². The molecule has 0 bridgehead atoms. The second-order valence-corrected chi connectivity index (χ2v) is 10.0. The molecule has 1 aliphatic carbocycles. The average Bonchev–Trinajstić information content (AvgIpc) is 3.09. The van der Waals surface area contributed by atoms with E-state index in [0.29, 0.717) is 54.9 Å². The van der Waals surface area contributed by atoms with Gasteiger partial charge >= 0.3 is 0 Å². The maximum atomic E-state index is 14.3. The summed E-state index contributed by atoms with van der Waals surface area (Å²) < 4.78 is 14.3. The molecule has 1 aromatic carbocycles. The Morgan fingerprint density at radius 3 is 2.58 bits per heavy atom. The first-order valence-electron chi connectivity index (χ1n) is 11.5. The first-order valence-corrected chi connectivity index (χ1v) is 12.2. The highest BCUT2D eigenvalue weighted by atomic mass is 35.5. The smallest absolute Gasteiger partial charge is 0.231 e. The molecule has 0 spiro atoms. The zero-order valence-electron chi connectivity index (χ0n) is 19.2. The molecule has 9 heteroatoms. The van der Waals surface area contributed by atoms with Crippen molar-refractivity contribution in [3.63, 3.8) is 0 Å². The van der Waals surface area contributed by atoms with Gasteiger partial charge in [0.25, 0.3) is 0 Å². The van der Waals surface area contributed by atoms with Crippen molar-refractivity contribution < 1.29 is 9.18 Å². The highest BCUT2D eigenvalue weighted by Crippen LogP contribution is 2.44. The van der Waals surface area contributed by atoms with E-state index in [2.05, 4.69) is 34.0 Å². The van der Waals surface area contributed by atoms with Gasteiger partial charge < -0.3 is 15.1 Å². The molecule has 2 unspecified atom stereocenters. The van der Waals surface area contributed by atoms with Crippen LogP contribution in [0.5, 0.6) is 0 Å². The van der Waals surface area contributed by atoms with E-state index >= 15 is 0 Å². The van der Waals surface area contributed by atoms with Crippen LogP contribution in [0.1, 0.15) is 62.0 Å². The van der Waals surface area contributed by atoms with Crippen LogP contribution in [-0.4, -0.2) is 59.5 Å². The van der Waals surface area contributed by atoms with Gasteiger partial charge in [0.15, 0.2) is 0 Å². The molecule has 2 aliphatic rings. The number of halogens is 3. The molecule has 178 valence electrons. The highest BCUT2D eigenvalue weighted by molar-refractivity contribution is 6.42. The van der Waals surface area contributed by atoms with Gasteiger partial charge in [0, 0.05) is 44.3 Å². The lowest BCUT2D eigenvalue weighted by Crippen LogP contribution is -2.51. The third-order valence-electron chi connectivity index (χ3n) is 6.51. The van der Waals surface area contributed by atoms with Crippen molar-refractivity contribution in [2.75, 3.05) is 37.6 Å². The Hall–Kier alpha value is -1.96. The zero-order valence-corrected chi connectivity index (χ0v) is 20.7. The number of aromatic nitrogens is 2. The van der Waals surface area contributed by atoms with Gasteiger partial charge in [0.2, 0.25) is 5.91 Å². The molecule has 33 heavy (non-hydrogen) atoms. The molecule has 1 aliphatic heterocycles. The predicted octanol–water partition coefficient (Wildman–Crippen LogP) is 4.73. The molecular formula is C24H30Cl2FN5O. The molecule has 0 saturated carbocycles. The normalized spacial score (nSPS) is 21.4. The average molecular weight is 494 g/mol. The van der Waals surface area contributed by atoms with Gasteiger partial charge in [-0.05, 0) is 30.0 Å². The van der Waals surface area contributed by atoms with Crippen molar-refractivity contribution in [3.05, 3.63) is 51.4 Å². The summed E-state index contributed by atoms with van der Waals surface area (Å²) in [5.41, 5.74) is 2.28. The lowest BCUT2D eigenvalue weighted by molar-refractivity contribution is -0.133. The van der Waals surface area contributed by atoms with Gasteiger partial charge in [-0.2, -0.15) is 0 Å². The van der Waals surface area contributed by atoms with E-state index in [9.17, 15) is 9.18 Å². The minimum absolute atomic E-state index is 0.0614. The van der Waals surface area contributed by atoms with Crippen molar-refractivity contribution in [2.45, 2.75) is 51.2 Å². The van der Waals surface area contributed by atoms with Gasteiger partial charge in [-0.3, -0.25) is 4.79 Å². The maximum absolute atomic E-state index is 14.3. The molecule has 0 radical (unpaired) electrons. The summed E-state index contributed by atoms with van der Waals surface area (Å²) in [6, 6.07) is 5.64. The van der Waals surface area contributed by atoms with Crippen molar-refractivity contribution in [1.82, 2.24) is 20.2 Å². The third kappa shape index (κ3) is 5.10. The number of alkyl halides is 1. The summed E-state index contributed by atoms with van der Waals surface area (Å²) in [6.45, 7) is 9.08. The number of hydrogen-bond donors (Lipinski definition) is 1. The molecule has 1 aromatic heterocycles. The van der Waals surface area contributed by atoms with Crippen LogP contribution in [0.2, 0.25) is 10.0 Å². The Morgan fingerprint density at radius 2 is 1.91 bits per heavy atom. The molecule has 3 atom stereocenters. The quantitative estimate of drug-likeness (QED) is 0.629. The van der Waals surface area contributed by atoms with E-state index in [0.717, 1.165) is 16.9 Å². The number of amides is 1. The van der Waals surface area contributed by atoms with Crippen LogP contribution in [0, 0.1) is 0 Å². The van der Waals surface area contributed by atoms with E-state index in [1.807, 2.05) is 17.9 Å². The molecule has 1 N–H and O–H groups in total. The number of nitrogens with zero attached hydrogens (tertiary/aromatic N) is 4. The summed E-state index contributed by atoms with van der Waals surface area (Å²) in [4.78, 5) is 26.3. The minimum atomic E-state index is -1.03. The van der Waals surface area contributed by atoms with Crippen molar-refractivity contribution in [1.29, 1.82) is 0 Å². The molecule has 2 heterocycles. The Morgan fingerprint density at radius 1 is 1.18 bits per heavy atom. The van der Waals surface area contributed by atoms with Crippen molar-refractivity contribution in [2.24, 2.45) is 0 Å². The Labute approximate surface area is 204 Å². The fourth-order valence-corrected chi connectivity index (χ4v) is 5.01. The lowest BCUT2D eigenvalue weighted by Gasteiger charge is -2.38. The molecule has 1 amide bonds. The van der Waals surface area contributed by atoms with E-state index in [1.54, 1.807) is 12.1 Å². The molecule has 2 aromatic rings. The standard InChI is InChI=1S/C24H30Cl2FN5O/c1-14(2)28-12-17(16-4-5-18(25)19(26)11-16)24(33)32-8-6-31(7-9-32)23-21-15(3)10-20(27)22(21)29-13-30-23/h4-5,11,13-15,17,20,28H,6-10,12H2,1-3H3/t15?,17-,20?/m1/s1. The number of nitrogens with one attached hydrogen (secondary N) is 1. The molecule has 6 nitrogen and oxygen atoms in total. The van der Waals surface area contributed by atoms with Crippen LogP contribution in [0.15, 0.2) is 24.5 Å². The summed E-state index contributed by atoms with van der Waals surface area (Å²) in [5, 5.41) is 4.30. The van der Waals surface area contributed by atoms with Gasteiger partial charge in [0.1, 0.15) is 18.3 Å². The molecular weight excluding hydrogens is 464 g/mol. The van der Waals surface area contributed by atoms with Gasteiger partial charge in [0.05, 0.1) is 21.7 Å². The predicted molar refractivity (Wildman–Crippen MR) is 130 cm³/mol. The van der Waals surface area contributed by atoms with Crippen LogP contribution in [0.4, 0.5) is 10.2 Å². The number of rotatable bonds is 6. The Kier molecular flexibility index (Phi) is 7.41. The SMILES string of the molecule is CC(C)NC[C@@H](C(=O)N1CCN(c2ncnc3c2C(C)CC3F)CC1)c1ccc(Cl)c(Cl)c1. The van der Waals surface area contributed by atoms with Gasteiger partial charge in [-0.25, -0.2) is 14.4 Å². The lowest BCUT2D eigenvalue weighted by atomic mass is 9.96. The summed E-state index contributed by atoms with van der Waals surface area (Å²) in [5.74, 6) is 0.602. The number of piperazine rings is 1. The summed E-state index contributed by atoms with van der Waals surface area (Å²) in [6.07, 6.45) is 0.877. The zero-order chi connectivity index (χ0) is 23.7. The second-order valence-electron chi connectivity index (χ2n) is 9.20. The van der Waals surface area contributed by atoms with Gasteiger partial charge in [-0.15, -0.1) is 0 Å². The number of anilines is 1. The molecule has 4 rings (SSSR count). The Balaban J connectivity index is 1.49. The third-order valence-corrected chi connectivity index (χ3v) is 7.25. The van der Waals surface area contributed by atoms with Crippen LogP contribution in [0.3, 0.4) is 0 Å². The molecule has 1 saturated heterocycles. The van der Waals surface area contributed by atoms with Crippen molar-refractivity contribution in [3.8, 4) is 0 Å². The van der Waals surface area contributed by atoms with E-state index in [-0.39, 0.29) is 23.8 Å². The maximum Gasteiger partial charge on any atom is 0.231 e. The molecule has 1 fully saturated rings. The van der Waals surface area contributed by atoms with E-state index in [4.69, 9.17) is 23.2 Å². The number of fused-ring (bicyclic) bond motifs is 1. The largest absolute Gasteiger partial charge is 0.353 e. The number of carbonyl (C=O) groups is 1. The summed E-state index contributed by atoms with van der Waals surface area (Å²) in [7, 11) is 0. The Bertz CT molecular complexity index is 1010. The van der Waals surface area contributed by atoms with Crippen molar-refractivity contribution >= 4 is 34.9 Å². The van der Waals surface area contributed by atoms with Gasteiger partial charge in [-0.1, -0.05) is 50.0 Å². The van der Waals surface area contributed by atoms with Crippen LogP contribution < -0.4 is 10.2 Å². The van der Waals surface area contributed by atoms with E-state index in [1.165, 1.54) is 6.33 Å². The monoisotopic (exact) mass is 493 g/mol. The van der Waals surface area contributed by atoms with Crippen LogP contribution in [0.25, 0.3) is 0 Å². The fraction of sp³-hybridized carbons (Fsp3) is 0.542.